The van der Waals surface area contributed by atoms with E-state index in [1.807, 2.05) is 28.5 Å². The molecule has 0 fully saturated rings. The maximum Gasteiger partial charge on any atom is 0.302 e. The molecule has 0 aromatic carbocycles. The summed E-state index contributed by atoms with van der Waals surface area (Å²) >= 11 is 7.78. The second-order valence-corrected chi connectivity index (χ2v) is 11.3. The standard InChI is InChI=1S/C18H20N5O2PS2/c1-5-22-10-8-19-16(22)26(27,17-20-9-11-23(17)6-2)18-21-13(3)15(28-18)7-12-25-14(4)24/h5-6,8-11H,1-2,7,12H2,3-4H3. The maximum absolute atomic E-state index is 11.0. The van der Waals surface area contributed by atoms with Crippen molar-refractivity contribution >= 4 is 63.4 Å². The molecule has 0 aliphatic carbocycles. The van der Waals surface area contributed by atoms with E-state index in [0.29, 0.717) is 24.2 Å². The summed E-state index contributed by atoms with van der Waals surface area (Å²) in [5.74, 6) is -0.298. The third-order valence-corrected chi connectivity index (χ3v) is 10.5. The highest BCUT2D eigenvalue weighted by molar-refractivity contribution is 8.26. The second-order valence-electron chi connectivity index (χ2n) is 5.84. The smallest absolute Gasteiger partial charge is 0.302 e. The Balaban J connectivity index is 2.14. The molecule has 146 valence electrons. The van der Waals surface area contributed by atoms with Gasteiger partial charge in [-0.25, -0.2) is 15.0 Å². The van der Waals surface area contributed by atoms with Crippen LogP contribution in [0.3, 0.4) is 0 Å². The molecule has 0 bridgehead atoms. The van der Waals surface area contributed by atoms with Crippen LogP contribution in [-0.2, 0) is 27.8 Å². The number of aromatic nitrogens is 5. The van der Waals surface area contributed by atoms with E-state index < -0.39 is 6.04 Å². The molecule has 0 unspecified atom stereocenters. The van der Waals surface area contributed by atoms with Crippen LogP contribution >= 0.6 is 17.4 Å². The molecule has 0 saturated carbocycles. The van der Waals surface area contributed by atoms with Crippen LogP contribution in [0.4, 0.5) is 0 Å². The zero-order valence-electron chi connectivity index (χ0n) is 15.6. The number of hydrogen-bond donors (Lipinski definition) is 0. The number of thiazole rings is 1. The number of carbonyl (C=O) groups is 1. The van der Waals surface area contributed by atoms with E-state index in [1.165, 1.54) is 18.3 Å². The fraction of sp³-hybridized carbons (Fsp3) is 0.222. The van der Waals surface area contributed by atoms with Crippen LogP contribution in [0.2, 0.25) is 0 Å². The van der Waals surface area contributed by atoms with Crippen molar-refractivity contribution in [1.29, 1.82) is 0 Å². The van der Waals surface area contributed by atoms with Crippen molar-refractivity contribution in [1.82, 2.24) is 24.1 Å². The number of nitrogens with zero attached hydrogens (tertiary/aromatic N) is 5. The van der Waals surface area contributed by atoms with Crippen molar-refractivity contribution in [3.05, 3.63) is 48.5 Å². The first-order chi connectivity index (χ1) is 13.4. The molecular formula is C18H20N5O2PS2. The normalized spacial score (nSPS) is 11.4. The van der Waals surface area contributed by atoms with Crippen molar-refractivity contribution in [2.24, 2.45) is 0 Å². The summed E-state index contributed by atoms with van der Waals surface area (Å²) in [5, 5.41) is 0. The monoisotopic (exact) mass is 433 g/mol. The predicted octanol–water partition coefficient (Wildman–Crippen LogP) is 1.91. The minimum atomic E-state index is -2.65. The van der Waals surface area contributed by atoms with Gasteiger partial charge in [0.2, 0.25) is 0 Å². The van der Waals surface area contributed by atoms with Gasteiger partial charge in [0.25, 0.3) is 0 Å². The van der Waals surface area contributed by atoms with E-state index >= 15 is 0 Å². The molecule has 0 aliphatic rings. The van der Waals surface area contributed by atoms with E-state index in [1.54, 1.807) is 24.8 Å². The Kier molecular flexibility index (Phi) is 6.07. The molecule has 0 amide bonds. The fourth-order valence-electron chi connectivity index (χ4n) is 2.71. The molecule has 28 heavy (non-hydrogen) atoms. The summed E-state index contributed by atoms with van der Waals surface area (Å²) in [5.41, 5.74) is 2.24. The van der Waals surface area contributed by atoms with Crippen molar-refractivity contribution in [2.45, 2.75) is 20.3 Å². The summed E-state index contributed by atoms with van der Waals surface area (Å²) in [7, 11) is 0. The zero-order chi connectivity index (χ0) is 20.3. The highest BCUT2D eigenvalue weighted by Crippen LogP contribution is 2.43. The molecule has 10 heteroatoms. The zero-order valence-corrected chi connectivity index (χ0v) is 18.1. The minimum Gasteiger partial charge on any atom is -0.465 e. The van der Waals surface area contributed by atoms with Gasteiger partial charge in [0, 0.05) is 55.4 Å². The Morgan fingerprint density at radius 1 is 1.25 bits per heavy atom. The van der Waals surface area contributed by atoms with Gasteiger partial charge in [-0.15, -0.1) is 11.3 Å². The molecule has 0 atom stereocenters. The van der Waals surface area contributed by atoms with Crippen LogP contribution in [0.25, 0.3) is 12.4 Å². The molecule has 0 aliphatic heterocycles. The molecule has 3 rings (SSSR count). The van der Waals surface area contributed by atoms with Gasteiger partial charge < -0.3 is 13.9 Å². The van der Waals surface area contributed by atoms with E-state index in [-0.39, 0.29) is 5.97 Å². The van der Waals surface area contributed by atoms with E-state index in [2.05, 4.69) is 23.1 Å². The number of ether oxygens (including phenoxy) is 1. The molecular weight excluding hydrogens is 413 g/mol. The van der Waals surface area contributed by atoms with Crippen LogP contribution < -0.4 is 15.9 Å². The van der Waals surface area contributed by atoms with Gasteiger partial charge in [0.1, 0.15) is 10.8 Å². The molecule has 3 aromatic rings. The molecule has 3 aromatic heterocycles. The van der Waals surface area contributed by atoms with Crippen molar-refractivity contribution in [2.75, 3.05) is 6.61 Å². The number of imidazole rings is 2. The first kappa shape index (κ1) is 20.4. The van der Waals surface area contributed by atoms with E-state index in [4.69, 9.17) is 21.5 Å². The van der Waals surface area contributed by atoms with Gasteiger partial charge in [0.15, 0.2) is 11.1 Å². The van der Waals surface area contributed by atoms with Gasteiger partial charge >= 0.3 is 5.97 Å². The Hall–Kier alpha value is -2.35. The van der Waals surface area contributed by atoms with E-state index in [9.17, 15) is 4.79 Å². The van der Waals surface area contributed by atoms with Gasteiger partial charge in [-0.2, -0.15) is 0 Å². The third-order valence-electron chi connectivity index (χ3n) is 4.04. The number of carbonyl (C=O) groups excluding carboxylic acids is 1. The molecule has 7 nitrogen and oxygen atoms in total. The van der Waals surface area contributed by atoms with Crippen LogP contribution in [0, 0.1) is 6.92 Å². The second kappa shape index (κ2) is 8.34. The van der Waals surface area contributed by atoms with Gasteiger partial charge in [0.05, 0.1) is 12.3 Å². The average molecular weight is 433 g/mol. The lowest BCUT2D eigenvalue weighted by Gasteiger charge is -2.19. The molecule has 3 heterocycles. The molecule has 0 saturated heterocycles. The van der Waals surface area contributed by atoms with Crippen LogP contribution in [-0.4, -0.2) is 36.7 Å². The minimum absolute atomic E-state index is 0.298. The summed E-state index contributed by atoms with van der Waals surface area (Å²) in [6.07, 6.45) is 10.9. The van der Waals surface area contributed by atoms with Crippen LogP contribution in [0.5, 0.6) is 0 Å². The van der Waals surface area contributed by atoms with Crippen LogP contribution in [0.1, 0.15) is 17.5 Å². The Bertz CT molecular complexity index is 1030. The number of rotatable bonds is 8. The van der Waals surface area contributed by atoms with E-state index in [0.717, 1.165) is 15.3 Å². The first-order valence-corrected chi connectivity index (χ1v) is 12.1. The van der Waals surface area contributed by atoms with Gasteiger partial charge in [-0.1, -0.05) is 25.0 Å². The summed E-state index contributed by atoms with van der Waals surface area (Å²) < 4.78 is 9.49. The summed E-state index contributed by atoms with van der Waals surface area (Å²) in [4.78, 5) is 25.9. The molecule has 0 N–H and O–H groups in total. The molecule has 0 radical (unpaired) electrons. The number of aryl methyl sites for hydroxylation is 1. The lowest BCUT2D eigenvalue weighted by Crippen LogP contribution is -2.33. The largest absolute Gasteiger partial charge is 0.465 e. The number of hydrogen-bond acceptors (Lipinski definition) is 7. The first-order valence-electron chi connectivity index (χ1n) is 8.44. The maximum atomic E-state index is 11.0. The Morgan fingerprint density at radius 3 is 2.32 bits per heavy atom. The summed E-state index contributed by atoms with van der Waals surface area (Å²) in [6.45, 7) is 11.4. The highest BCUT2D eigenvalue weighted by Gasteiger charge is 2.36. The molecule has 0 spiro atoms. The summed E-state index contributed by atoms with van der Waals surface area (Å²) in [6, 6.07) is -2.65. The SMILES string of the molecule is C=Cn1ccnc1P(=S)(c1nc(C)c(CCOC(C)=O)s1)c1nccn1C=C. The lowest BCUT2D eigenvalue weighted by molar-refractivity contribution is -0.140. The topological polar surface area (TPSA) is 74.8 Å². The van der Waals surface area contributed by atoms with Gasteiger partial charge in [-0.05, 0) is 6.92 Å². The predicted molar refractivity (Wildman–Crippen MR) is 118 cm³/mol. The lowest BCUT2D eigenvalue weighted by atomic mass is 10.3. The van der Waals surface area contributed by atoms with Crippen LogP contribution in [0.15, 0.2) is 37.9 Å². The third kappa shape index (κ3) is 3.65. The quantitative estimate of drug-likeness (QED) is 0.399. The van der Waals surface area contributed by atoms with Crippen molar-refractivity contribution < 1.29 is 9.53 Å². The fourth-order valence-corrected chi connectivity index (χ4v) is 8.35. The van der Waals surface area contributed by atoms with Gasteiger partial charge in [-0.3, -0.25) is 4.79 Å². The Morgan fingerprint density at radius 2 is 1.82 bits per heavy atom. The van der Waals surface area contributed by atoms with Crippen molar-refractivity contribution in [3.63, 3.8) is 0 Å². The average Bonchev–Trinajstić information content (AvgIpc) is 3.40. The van der Waals surface area contributed by atoms with Crippen molar-refractivity contribution in [3.8, 4) is 0 Å². The highest BCUT2D eigenvalue weighted by atomic mass is 32.4. The Labute approximate surface area is 172 Å². The number of esters is 1.